The molecule has 1 rings (SSSR count). The molecule has 0 fully saturated rings. The summed E-state index contributed by atoms with van der Waals surface area (Å²) in [5.41, 5.74) is 0. The van der Waals surface area contributed by atoms with Crippen LogP contribution in [0.1, 0.15) is 27.2 Å². The second kappa shape index (κ2) is 7.48. The molecule has 0 atom stereocenters. The van der Waals surface area contributed by atoms with Crippen molar-refractivity contribution in [3.63, 3.8) is 0 Å². The Balaban J connectivity index is 2.79. The van der Waals surface area contributed by atoms with Crippen LogP contribution in [0.25, 0.3) is 0 Å². The second-order valence-corrected chi connectivity index (χ2v) is 4.85. The van der Waals surface area contributed by atoms with E-state index in [4.69, 9.17) is 4.74 Å². The highest BCUT2D eigenvalue weighted by Crippen LogP contribution is 2.15. The first-order valence-corrected chi connectivity index (χ1v) is 7.09. The average Bonchev–Trinajstić information content (AvgIpc) is 2.28. The summed E-state index contributed by atoms with van der Waals surface area (Å²) in [4.78, 5) is 10.9. The fraction of sp³-hybridized carbons (Fsp3) is 0.667. The Hall–Kier alpha value is -0.840. The van der Waals surface area contributed by atoms with Crippen molar-refractivity contribution in [3.05, 3.63) is 12.4 Å². The molecule has 0 N–H and O–H groups in total. The van der Waals surface area contributed by atoms with Gasteiger partial charge in [-0.15, -0.1) is 0 Å². The molecule has 0 bridgehead atoms. The molecule has 0 spiro atoms. The number of hydrogen-bond donors (Lipinski definition) is 0. The van der Waals surface area contributed by atoms with Gasteiger partial charge in [0, 0.05) is 18.4 Å². The molecule has 1 heterocycles. The quantitative estimate of drug-likeness (QED) is 0.726. The van der Waals surface area contributed by atoms with E-state index in [9.17, 15) is 0 Å². The predicted octanol–water partition coefficient (Wildman–Crippen LogP) is 2.88. The molecule has 0 aliphatic rings. The van der Waals surface area contributed by atoms with Gasteiger partial charge in [-0.25, -0.2) is 0 Å². The molecule has 0 aliphatic carbocycles. The van der Waals surface area contributed by atoms with Crippen LogP contribution in [-0.4, -0.2) is 34.5 Å². The van der Waals surface area contributed by atoms with Gasteiger partial charge >= 0.3 is 0 Å². The summed E-state index contributed by atoms with van der Waals surface area (Å²) in [5.74, 6) is 1.47. The largest absolute Gasteiger partial charge is 0.474 e. The number of hydrogen-bond acceptors (Lipinski definition) is 4. The number of anilines is 1. The lowest BCUT2D eigenvalue weighted by molar-refractivity contribution is 0.231. The number of ether oxygens (including phenoxy) is 1. The Labute approximate surface area is 112 Å². The minimum atomic E-state index is 0.121. The zero-order chi connectivity index (χ0) is 12.7. The van der Waals surface area contributed by atoms with Crippen molar-refractivity contribution in [1.29, 1.82) is 0 Å². The molecule has 0 aliphatic heterocycles. The van der Waals surface area contributed by atoms with Gasteiger partial charge in [-0.3, -0.25) is 4.98 Å². The zero-order valence-corrected chi connectivity index (χ0v) is 12.3. The van der Waals surface area contributed by atoms with E-state index in [0.29, 0.717) is 5.88 Å². The number of alkyl halides is 1. The van der Waals surface area contributed by atoms with Gasteiger partial charge in [-0.1, -0.05) is 22.9 Å². The smallest absolute Gasteiger partial charge is 0.234 e. The summed E-state index contributed by atoms with van der Waals surface area (Å²) >= 11 is 3.46. The highest BCUT2D eigenvalue weighted by atomic mass is 79.9. The number of rotatable bonds is 7. The highest BCUT2D eigenvalue weighted by molar-refractivity contribution is 9.09. The van der Waals surface area contributed by atoms with Crippen LogP contribution in [0, 0.1) is 0 Å². The lowest BCUT2D eigenvalue weighted by Gasteiger charge is -2.22. The fourth-order valence-corrected chi connectivity index (χ4v) is 1.93. The maximum absolute atomic E-state index is 5.55. The zero-order valence-electron chi connectivity index (χ0n) is 10.7. The van der Waals surface area contributed by atoms with Gasteiger partial charge in [0.1, 0.15) is 0 Å². The molecule has 1 aromatic heterocycles. The lowest BCUT2D eigenvalue weighted by atomic mass is 10.4. The fourth-order valence-electron chi connectivity index (χ4n) is 1.50. The average molecular weight is 302 g/mol. The summed E-state index contributed by atoms with van der Waals surface area (Å²) in [6.45, 7) is 8.02. The van der Waals surface area contributed by atoms with E-state index in [1.165, 1.54) is 0 Å². The minimum Gasteiger partial charge on any atom is -0.474 e. The lowest BCUT2D eigenvalue weighted by Crippen LogP contribution is -2.27. The third-order valence-corrected chi connectivity index (χ3v) is 2.48. The first-order valence-electron chi connectivity index (χ1n) is 5.97. The van der Waals surface area contributed by atoms with Crippen LogP contribution in [0.15, 0.2) is 12.4 Å². The summed E-state index contributed by atoms with van der Waals surface area (Å²) in [6, 6.07) is 0. The second-order valence-electron chi connectivity index (χ2n) is 4.06. The van der Waals surface area contributed by atoms with E-state index in [1.54, 1.807) is 12.4 Å². The van der Waals surface area contributed by atoms with E-state index in [-0.39, 0.29) is 6.10 Å². The molecule has 0 unspecified atom stereocenters. The van der Waals surface area contributed by atoms with Gasteiger partial charge in [0.15, 0.2) is 5.82 Å². The molecule has 96 valence electrons. The van der Waals surface area contributed by atoms with Crippen molar-refractivity contribution in [2.45, 2.75) is 33.3 Å². The van der Waals surface area contributed by atoms with Crippen LogP contribution >= 0.6 is 15.9 Å². The first-order chi connectivity index (χ1) is 8.17. The van der Waals surface area contributed by atoms with Crippen molar-refractivity contribution in [3.8, 4) is 5.88 Å². The van der Waals surface area contributed by atoms with E-state index in [0.717, 1.165) is 30.7 Å². The van der Waals surface area contributed by atoms with Crippen molar-refractivity contribution < 1.29 is 4.74 Å². The molecular formula is C12H20BrN3O. The molecule has 0 aromatic carbocycles. The van der Waals surface area contributed by atoms with Gasteiger partial charge in [-0.2, -0.15) is 4.98 Å². The van der Waals surface area contributed by atoms with Gasteiger partial charge in [0.05, 0.1) is 18.5 Å². The normalized spacial score (nSPS) is 10.6. The molecule has 0 radical (unpaired) electrons. The monoisotopic (exact) mass is 301 g/mol. The standard InChI is InChI=1S/C12H20BrN3O/c1-4-6-16(7-5-13)11-8-14-9-12(15-11)17-10(2)3/h8-10H,4-7H2,1-3H3. The van der Waals surface area contributed by atoms with Crippen LogP contribution in [-0.2, 0) is 0 Å². The van der Waals surface area contributed by atoms with E-state index in [1.807, 2.05) is 13.8 Å². The molecular weight excluding hydrogens is 282 g/mol. The molecule has 4 nitrogen and oxygen atoms in total. The maximum atomic E-state index is 5.55. The molecule has 17 heavy (non-hydrogen) atoms. The first kappa shape index (κ1) is 14.2. The van der Waals surface area contributed by atoms with Crippen molar-refractivity contribution >= 4 is 21.7 Å². The van der Waals surface area contributed by atoms with Crippen LogP contribution in [0.4, 0.5) is 5.82 Å². The Morgan fingerprint density at radius 1 is 1.35 bits per heavy atom. The third kappa shape index (κ3) is 4.89. The summed E-state index contributed by atoms with van der Waals surface area (Å²) in [5, 5.41) is 0.921. The Bertz CT molecular complexity index is 327. The molecule has 5 heteroatoms. The van der Waals surface area contributed by atoms with Gasteiger partial charge in [-0.05, 0) is 20.3 Å². The van der Waals surface area contributed by atoms with Crippen LogP contribution in [0.2, 0.25) is 0 Å². The third-order valence-electron chi connectivity index (χ3n) is 2.13. The molecule has 1 aromatic rings. The minimum absolute atomic E-state index is 0.121. The predicted molar refractivity (Wildman–Crippen MR) is 74.1 cm³/mol. The van der Waals surface area contributed by atoms with E-state index >= 15 is 0 Å². The molecule has 0 saturated carbocycles. The number of aromatic nitrogens is 2. The maximum Gasteiger partial charge on any atom is 0.234 e. The van der Waals surface area contributed by atoms with Crippen LogP contribution in [0.5, 0.6) is 5.88 Å². The summed E-state index contributed by atoms with van der Waals surface area (Å²) < 4.78 is 5.55. The molecule has 0 saturated heterocycles. The number of halogens is 1. The SMILES string of the molecule is CCCN(CCBr)c1cncc(OC(C)C)n1. The van der Waals surface area contributed by atoms with Gasteiger partial charge in [0.2, 0.25) is 5.88 Å². The number of nitrogens with zero attached hydrogens (tertiary/aromatic N) is 3. The van der Waals surface area contributed by atoms with Crippen LogP contribution < -0.4 is 9.64 Å². The van der Waals surface area contributed by atoms with Gasteiger partial charge in [0.25, 0.3) is 0 Å². The summed E-state index contributed by atoms with van der Waals surface area (Å²) in [6.07, 6.45) is 4.65. The summed E-state index contributed by atoms with van der Waals surface area (Å²) in [7, 11) is 0. The Morgan fingerprint density at radius 3 is 2.71 bits per heavy atom. The van der Waals surface area contributed by atoms with Crippen molar-refractivity contribution in [2.24, 2.45) is 0 Å². The van der Waals surface area contributed by atoms with Crippen LogP contribution in [0.3, 0.4) is 0 Å². The van der Waals surface area contributed by atoms with Gasteiger partial charge < -0.3 is 9.64 Å². The van der Waals surface area contributed by atoms with E-state index in [2.05, 4.69) is 37.7 Å². The Kier molecular flexibility index (Phi) is 6.26. The van der Waals surface area contributed by atoms with Crippen molar-refractivity contribution in [1.82, 2.24) is 9.97 Å². The molecule has 0 amide bonds. The van der Waals surface area contributed by atoms with Crippen molar-refractivity contribution in [2.75, 3.05) is 23.3 Å². The topological polar surface area (TPSA) is 38.2 Å². The van der Waals surface area contributed by atoms with E-state index < -0.39 is 0 Å². The Morgan fingerprint density at radius 2 is 2.12 bits per heavy atom. The highest BCUT2D eigenvalue weighted by Gasteiger charge is 2.08.